The van der Waals surface area contributed by atoms with E-state index in [2.05, 4.69) is 85.0 Å². The molecule has 3 aromatic rings. The van der Waals surface area contributed by atoms with Gasteiger partial charge in [-0.2, -0.15) is 0 Å². The molecular formula is C23H18O. The van der Waals surface area contributed by atoms with E-state index in [-0.39, 0.29) is 0 Å². The van der Waals surface area contributed by atoms with E-state index in [0.717, 1.165) is 12.4 Å². The van der Waals surface area contributed by atoms with E-state index in [1.807, 2.05) is 0 Å². The summed E-state index contributed by atoms with van der Waals surface area (Å²) in [5.41, 5.74) is 4.01. The second-order valence-electron chi connectivity index (χ2n) is 6.51. The summed E-state index contributed by atoms with van der Waals surface area (Å²) in [6, 6.07) is 23.6. The van der Waals surface area contributed by atoms with Gasteiger partial charge in [-0.05, 0) is 28.0 Å². The predicted molar refractivity (Wildman–Crippen MR) is 99.2 cm³/mol. The first-order chi connectivity index (χ1) is 11.9. The van der Waals surface area contributed by atoms with Crippen LogP contribution < -0.4 is 4.74 Å². The third kappa shape index (κ3) is 2.01. The average Bonchev–Trinajstić information content (AvgIpc) is 2.67. The van der Waals surface area contributed by atoms with Crippen LogP contribution in [-0.4, -0.2) is 6.61 Å². The first kappa shape index (κ1) is 13.6. The summed E-state index contributed by atoms with van der Waals surface area (Å²) in [5, 5.41) is 2.59. The van der Waals surface area contributed by atoms with Crippen LogP contribution in [0.4, 0.5) is 0 Å². The molecule has 1 aliphatic heterocycles. The Hall–Kier alpha value is -2.80. The van der Waals surface area contributed by atoms with Gasteiger partial charge in [0.15, 0.2) is 0 Å². The Bertz CT molecular complexity index is 966. The van der Waals surface area contributed by atoms with Crippen molar-refractivity contribution >= 4 is 16.3 Å². The molecule has 5 rings (SSSR count). The van der Waals surface area contributed by atoms with Crippen LogP contribution >= 0.6 is 0 Å². The second-order valence-corrected chi connectivity index (χ2v) is 6.51. The van der Waals surface area contributed by atoms with Gasteiger partial charge < -0.3 is 4.74 Å². The van der Waals surface area contributed by atoms with E-state index in [0.29, 0.717) is 11.8 Å². The molecule has 1 heteroatoms. The van der Waals surface area contributed by atoms with Gasteiger partial charge in [-0.1, -0.05) is 78.9 Å². The monoisotopic (exact) mass is 310 g/mol. The molecule has 0 radical (unpaired) electrons. The van der Waals surface area contributed by atoms with Crippen LogP contribution in [0.2, 0.25) is 0 Å². The molecule has 0 amide bonds. The molecule has 0 bridgehead atoms. The van der Waals surface area contributed by atoms with Crippen molar-refractivity contribution in [2.75, 3.05) is 6.61 Å². The lowest BCUT2D eigenvalue weighted by molar-refractivity contribution is 0.242. The molecule has 3 aromatic carbocycles. The Morgan fingerprint density at radius 1 is 0.833 bits per heavy atom. The minimum absolute atomic E-state index is 0.371. The number of benzene rings is 3. The number of allylic oxidation sites excluding steroid dienone is 3. The molecule has 1 aliphatic carbocycles. The number of ether oxygens (including phenoxy) is 1. The average molecular weight is 310 g/mol. The Balaban J connectivity index is 1.67. The van der Waals surface area contributed by atoms with Crippen LogP contribution in [0.1, 0.15) is 17.0 Å². The normalized spacial score (nSPS) is 21.6. The number of fused-ring (bicyclic) bond motifs is 5. The van der Waals surface area contributed by atoms with Crippen molar-refractivity contribution in [3.63, 3.8) is 0 Å². The fourth-order valence-electron chi connectivity index (χ4n) is 4.09. The quantitative estimate of drug-likeness (QED) is 0.569. The van der Waals surface area contributed by atoms with Crippen molar-refractivity contribution in [3.8, 4) is 5.75 Å². The molecule has 0 unspecified atom stereocenters. The van der Waals surface area contributed by atoms with E-state index < -0.39 is 0 Å². The third-order valence-corrected chi connectivity index (χ3v) is 5.22. The summed E-state index contributed by atoms with van der Waals surface area (Å²) >= 11 is 0. The van der Waals surface area contributed by atoms with Crippen LogP contribution in [0.3, 0.4) is 0 Å². The van der Waals surface area contributed by atoms with Gasteiger partial charge in [0.1, 0.15) is 5.75 Å². The van der Waals surface area contributed by atoms with Crippen LogP contribution in [0.25, 0.3) is 16.3 Å². The van der Waals surface area contributed by atoms with Crippen molar-refractivity contribution in [1.29, 1.82) is 0 Å². The maximum atomic E-state index is 6.18. The Morgan fingerprint density at radius 2 is 1.67 bits per heavy atom. The highest BCUT2D eigenvalue weighted by Gasteiger charge is 2.34. The smallest absolute Gasteiger partial charge is 0.123 e. The van der Waals surface area contributed by atoms with Gasteiger partial charge in [0.05, 0.1) is 6.61 Å². The van der Waals surface area contributed by atoms with Crippen LogP contribution in [0.5, 0.6) is 5.75 Å². The molecule has 0 saturated carbocycles. The molecule has 1 nitrogen and oxygen atoms in total. The first-order valence-corrected chi connectivity index (χ1v) is 8.50. The summed E-state index contributed by atoms with van der Waals surface area (Å²) in [4.78, 5) is 0. The summed E-state index contributed by atoms with van der Waals surface area (Å²) in [6.07, 6.45) is 6.79. The van der Waals surface area contributed by atoms with Gasteiger partial charge in [-0.15, -0.1) is 0 Å². The molecule has 0 saturated heterocycles. The Kier molecular flexibility index (Phi) is 3.05. The summed E-state index contributed by atoms with van der Waals surface area (Å²) in [6.45, 7) is 0.737. The van der Waals surface area contributed by atoms with Crippen molar-refractivity contribution in [1.82, 2.24) is 0 Å². The lowest BCUT2D eigenvalue weighted by Gasteiger charge is -2.36. The highest BCUT2D eigenvalue weighted by molar-refractivity contribution is 5.89. The van der Waals surface area contributed by atoms with Gasteiger partial charge in [0, 0.05) is 17.4 Å². The molecule has 2 aliphatic rings. The van der Waals surface area contributed by atoms with E-state index in [1.54, 1.807) is 0 Å². The highest BCUT2D eigenvalue weighted by atomic mass is 16.5. The van der Waals surface area contributed by atoms with Crippen molar-refractivity contribution in [2.24, 2.45) is 5.92 Å². The Labute approximate surface area is 141 Å². The van der Waals surface area contributed by atoms with Crippen LogP contribution in [-0.2, 0) is 0 Å². The molecule has 0 fully saturated rings. The van der Waals surface area contributed by atoms with Crippen LogP contribution in [0, 0.1) is 5.92 Å². The molecule has 0 N–H and O–H groups in total. The maximum Gasteiger partial charge on any atom is 0.123 e. The third-order valence-electron chi connectivity index (χ3n) is 5.22. The fraction of sp³-hybridized carbons (Fsp3) is 0.130. The number of rotatable bonds is 1. The van der Waals surface area contributed by atoms with Crippen molar-refractivity contribution in [2.45, 2.75) is 5.92 Å². The molecule has 1 heterocycles. The predicted octanol–water partition coefficient (Wildman–Crippen LogP) is 5.59. The van der Waals surface area contributed by atoms with E-state index in [9.17, 15) is 0 Å². The number of hydrogen-bond acceptors (Lipinski definition) is 1. The van der Waals surface area contributed by atoms with Gasteiger partial charge in [0.25, 0.3) is 0 Å². The first-order valence-electron chi connectivity index (χ1n) is 8.50. The van der Waals surface area contributed by atoms with E-state index >= 15 is 0 Å². The van der Waals surface area contributed by atoms with E-state index in [1.165, 1.54) is 27.5 Å². The summed E-state index contributed by atoms with van der Waals surface area (Å²) in [7, 11) is 0. The SMILES string of the molecule is C1=C[C@@H]2c3c(ccc4ccccc34)OC[C@@H]2C(c2ccccc2)=C1. The zero-order valence-corrected chi connectivity index (χ0v) is 13.4. The number of hydrogen-bond donors (Lipinski definition) is 0. The minimum atomic E-state index is 0.371. The molecule has 116 valence electrons. The maximum absolute atomic E-state index is 6.18. The molecule has 0 aromatic heterocycles. The largest absolute Gasteiger partial charge is 0.493 e. The van der Waals surface area contributed by atoms with Crippen LogP contribution in [0.15, 0.2) is 85.0 Å². The summed E-state index contributed by atoms with van der Waals surface area (Å²) in [5.74, 6) is 1.78. The molecular weight excluding hydrogens is 292 g/mol. The lowest BCUT2D eigenvalue weighted by atomic mass is 9.73. The fourth-order valence-corrected chi connectivity index (χ4v) is 4.09. The zero-order valence-electron chi connectivity index (χ0n) is 13.4. The minimum Gasteiger partial charge on any atom is -0.493 e. The van der Waals surface area contributed by atoms with Gasteiger partial charge >= 0.3 is 0 Å². The van der Waals surface area contributed by atoms with Gasteiger partial charge in [0.2, 0.25) is 0 Å². The Morgan fingerprint density at radius 3 is 2.58 bits per heavy atom. The summed E-state index contributed by atoms with van der Waals surface area (Å²) < 4.78 is 6.18. The van der Waals surface area contributed by atoms with Crippen molar-refractivity contribution < 1.29 is 4.74 Å². The second kappa shape index (κ2) is 5.38. The standard InChI is InChI=1S/C23H18O/c1-2-7-16(8-3-1)18-11-6-12-20-21(18)15-24-22-14-13-17-9-4-5-10-19(17)23(20)22/h1-14,20-21H,15H2/t20-,21+/m0/s1. The van der Waals surface area contributed by atoms with Gasteiger partial charge in [-0.25, -0.2) is 0 Å². The van der Waals surface area contributed by atoms with E-state index in [4.69, 9.17) is 4.74 Å². The highest BCUT2D eigenvalue weighted by Crippen LogP contribution is 2.48. The van der Waals surface area contributed by atoms with Crippen molar-refractivity contribution in [3.05, 3.63) is 96.1 Å². The lowest BCUT2D eigenvalue weighted by Crippen LogP contribution is -2.27. The molecule has 2 atom stereocenters. The topological polar surface area (TPSA) is 9.23 Å². The molecule has 24 heavy (non-hydrogen) atoms. The molecule has 0 spiro atoms. The zero-order chi connectivity index (χ0) is 15.9. The van der Waals surface area contributed by atoms with Gasteiger partial charge in [-0.3, -0.25) is 0 Å².